The van der Waals surface area contributed by atoms with Crippen LogP contribution in [0.25, 0.3) is 34.3 Å². The van der Waals surface area contributed by atoms with Crippen molar-refractivity contribution < 1.29 is 9.53 Å². The Hall–Kier alpha value is -3.94. The van der Waals surface area contributed by atoms with Crippen molar-refractivity contribution in [1.82, 2.24) is 14.7 Å². The maximum Gasteiger partial charge on any atom is 0.286 e. The summed E-state index contributed by atoms with van der Waals surface area (Å²) in [6.07, 6.45) is 2.14. The van der Waals surface area contributed by atoms with Gasteiger partial charge >= 0.3 is 0 Å². The Labute approximate surface area is 226 Å². The number of thioether (sulfide) groups is 1. The van der Waals surface area contributed by atoms with E-state index in [2.05, 4.69) is 54.1 Å². The van der Waals surface area contributed by atoms with Gasteiger partial charge < -0.3 is 9.64 Å². The van der Waals surface area contributed by atoms with E-state index in [1.165, 1.54) is 11.8 Å². The molecule has 1 fully saturated rings. The van der Waals surface area contributed by atoms with Crippen molar-refractivity contribution in [1.29, 1.82) is 0 Å². The highest BCUT2D eigenvalue weighted by atomic mass is 32.2. The van der Waals surface area contributed by atoms with E-state index in [9.17, 15) is 4.79 Å². The SMILES string of the molecule is CC1CN(C2=NC(=O)C(=Cc3ccc(-n4nc(-c5ccccc5)cc4-c4ccccc4)cc3)S2)CC(C)O1. The molecular weight excluding hydrogens is 492 g/mol. The highest BCUT2D eigenvalue weighted by Gasteiger charge is 2.31. The first-order chi connectivity index (χ1) is 18.5. The van der Waals surface area contributed by atoms with Crippen molar-refractivity contribution in [2.75, 3.05) is 13.1 Å². The van der Waals surface area contributed by atoms with Crippen LogP contribution in [0.1, 0.15) is 19.4 Å². The van der Waals surface area contributed by atoms with Gasteiger partial charge in [-0.1, -0.05) is 72.8 Å². The zero-order chi connectivity index (χ0) is 26.1. The molecule has 4 aromatic rings. The average molecular weight is 521 g/mol. The lowest BCUT2D eigenvalue weighted by molar-refractivity contribution is -0.113. The number of hydrogen-bond acceptors (Lipinski definition) is 5. The molecule has 1 amide bonds. The largest absolute Gasteiger partial charge is 0.372 e. The van der Waals surface area contributed by atoms with Gasteiger partial charge in [0.2, 0.25) is 0 Å². The molecule has 190 valence electrons. The first-order valence-electron chi connectivity index (χ1n) is 12.8. The fourth-order valence-electron chi connectivity index (χ4n) is 4.87. The third kappa shape index (κ3) is 5.08. The Kier molecular flexibility index (Phi) is 6.70. The van der Waals surface area contributed by atoms with Crippen molar-refractivity contribution in [2.45, 2.75) is 26.1 Å². The smallest absolute Gasteiger partial charge is 0.286 e. The summed E-state index contributed by atoms with van der Waals surface area (Å²) < 4.78 is 7.80. The molecule has 1 aromatic heterocycles. The molecule has 38 heavy (non-hydrogen) atoms. The van der Waals surface area contributed by atoms with Crippen LogP contribution in [0.4, 0.5) is 0 Å². The number of hydrogen-bond donors (Lipinski definition) is 0. The number of aliphatic imine (C=N–C) groups is 1. The summed E-state index contributed by atoms with van der Waals surface area (Å²) >= 11 is 1.44. The molecule has 3 aromatic carbocycles. The van der Waals surface area contributed by atoms with Gasteiger partial charge in [0, 0.05) is 24.2 Å². The second-order valence-electron chi connectivity index (χ2n) is 9.62. The predicted molar refractivity (Wildman–Crippen MR) is 154 cm³/mol. The Bertz CT molecular complexity index is 1500. The second-order valence-corrected chi connectivity index (χ2v) is 10.6. The molecule has 3 heterocycles. The monoisotopic (exact) mass is 520 g/mol. The summed E-state index contributed by atoms with van der Waals surface area (Å²) in [5, 5.41) is 5.72. The van der Waals surface area contributed by atoms with Crippen LogP contribution >= 0.6 is 11.8 Å². The van der Waals surface area contributed by atoms with Crippen LogP contribution in [-0.2, 0) is 9.53 Å². The summed E-state index contributed by atoms with van der Waals surface area (Å²) in [4.78, 5) is 19.8. The van der Waals surface area contributed by atoms with Gasteiger partial charge in [0.1, 0.15) is 0 Å². The molecular formula is C31H28N4O2S. The topological polar surface area (TPSA) is 59.7 Å². The molecule has 0 spiro atoms. The van der Waals surface area contributed by atoms with E-state index in [0.717, 1.165) is 52.0 Å². The molecule has 0 N–H and O–H groups in total. The van der Waals surface area contributed by atoms with Gasteiger partial charge in [-0.25, -0.2) is 4.68 Å². The van der Waals surface area contributed by atoms with Crippen LogP contribution in [-0.4, -0.2) is 51.1 Å². The summed E-state index contributed by atoms with van der Waals surface area (Å²) in [6.45, 7) is 5.58. The number of ether oxygens (including phenoxy) is 1. The van der Waals surface area contributed by atoms with Crippen LogP contribution in [0.2, 0.25) is 0 Å². The normalized spacial score (nSPS) is 20.7. The zero-order valence-electron chi connectivity index (χ0n) is 21.3. The van der Waals surface area contributed by atoms with Crippen molar-refractivity contribution in [3.05, 3.63) is 101 Å². The molecule has 7 heteroatoms. The molecule has 6 rings (SSSR count). The number of rotatable bonds is 4. The molecule has 6 nitrogen and oxygen atoms in total. The van der Waals surface area contributed by atoms with E-state index in [0.29, 0.717) is 4.91 Å². The fraction of sp³-hybridized carbons (Fsp3) is 0.194. The van der Waals surface area contributed by atoms with Gasteiger partial charge in [-0.2, -0.15) is 10.1 Å². The van der Waals surface area contributed by atoms with E-state index in [1.54, 1.807) is 0 Å². The minimum atomic E-state index is -0.188. The summed E-state index contributed by atoms with van der Waals surface area (Å²) in [7, 11) is 0. The first kappa shape index (κ1) is 24.4. The molecule has 0 saturated carbocycles. The van der Waals surface area contributed by atoms with Gasteiger partial charge in [0.25, 0.3) is 5.91 Å². The third-order valence-corrected chi connectivity index (χ3v) is 7.63. The Morgan fingerprint density at radius 2 is 1.50 bits per heavy atom. The van der Waals surface area contributed by atoms with Gasteiger partial charge in [-0.15, -0.1) is 0 Å². The molecule has 2 atom stereocenters. The molecule has 0 radical (unpaired) electrons. The number of carbonyl (C=O) groups excluding carboxylic acids is 1. The van der Waals surface area contributed by atoms with Crippen molar-refractivity contribution >= 4 is 28.9 Å². The van der Waals surface area contributed by atoms with Crippen LogP contribution in [0, 0.1) is 0 Å². The molecule has 0 bridgehead atoms. The van der Waals surface area contributed by atoms with Gasteiger partial charge in [-0.3, -0.25) is 4.79 Å². The lowest BCUT2D eigenvalue weighted by Crippen LogP contribution is -2.47. The molecule has 2 aliphatic rings. The Morgan fingerprint density at radius 3 is 2.16 bits per heavy atom. The van der Waals surface area contributed by atoms with Crippen molar-refractivity contribution in [2.24, 2.45) is 4.99 Å². The second kappa shape index (κ2) is 10.4. The number of morpholine rings is 1. The lowest BCUT2D eigenvalue weighted by Gasteiger charge is -2.35. The van der Waals surface area contributed by atoms with Gasteiger partial charge in [-0.05, 0) is 55.4 Å². The van der Waals surface area contributed by atoms with Crippen LogP contribution in [0.3, 0.4) is 0 Å². The molecule has 0 aliphatic carbocycles. The minimum Gasteiger partial charge on any atom is -0.372 e. The van der Waals surface area contributed by atoms with Crippen LogP contribution < -0.4 is 0 Å². The van der Waals surface area contributed by atoms with Gasteiger partial charge in [0.15, 0.2) is 5.17 Å². The lowest BCUT2D eigenvalue weighted by atomic mass is 10.1. The first-order valence-corrected chi connectivity index (χ1v) is 13.6. The Morgan fingerprint density at radius 1 is 0.868 bits per heavy atom. The third-order valence-electron chi connectivity index (χ3n) is 6.58. The summed E-state index contributed by atoms with van der Waals surface area (Å²) in [5.41, 5.74) is 6.00. The van der Waals surface area contributed by atoms with Crippen LogP contribution in [0.15, 0.2) is 101 Å². The van der Waals surface area contributed by atoms with E-state index in [1.807, 2.05) is 71.4 Å². The minimum absolute atomic E-state index is 0.114. The van der Waals surface area contributed by atoms with E-state index >= 15 is 0 Å². The summed E-state index contributed by atoms with van der Waals surface area (Å²) in [5.74, 6) is -0.188. The Balaban J connectivity index is 1.26. The fourth-order valence-corrected chi connectivity index (χ4v) is 5.80. The van der Waals surface area contributed by atoms with Gasteiger partial charge in [0.05, 0.1) is 34.2 Å². The molecule has 2 aliphatic heterocycles. The highest BCUT2D eigenvalue weighted by molar-refractivity contribution is 8.18. The number of nitrogens with zero attached hydrogens (tertiary/aromatic N) is 4. The molecule has 2 unspecified atom stereocenters. The van der Waals surface area contributed by atoms with E-state index in [-0.39, 0.29) is 18.1 Å². The highest BCUT2D eigenvalue weighted by Crippen LogP contribution is 2.32. The average Bonchev–Trinajstić information content (AvgIpc) is 3.54. The standard InChI is InChI=1S/C31H28N4O2S/c1-21-19-34(20-22(2)37-21)31-32-30(36)29(38-31)17-23-13-15-26(16-14-23)35-28(25-11-7-4-8-12-25)18-27(33-35)24-9-5-3-6-10-24/h3-18,21-22H,19-20H2,1-2H3. The number of amides is 1. The van der Waals surface area contributed by atoms with E-state index < -0.39 is 0 Å². The molecule has 1 saturated heterocycles. The van der Waals surface area contributed by atoms with Crippen molar-refractivity contribution in [3.8, 4) is 28.2 Å². The zero-order valence-corrected chi connectivity index (χ0v) is 22.1. The number of amidine groups is 1. The van der Waals surface area contributed by atoms with E-state index in [4.69, 9.17) is 9.84 Å². The van der Waals surface area contributed by atoms with Crippen LogP contribution in [0.5, 0.6) is 0 Å². The number of aromatic nitrogens is 2. The predicted octanol–water partition coefficient (Wildman–Crippen LogP) is 6.29. The maximum atomic E-state index is 12.7. The summed E-state index contributed by atoms with van der Waals surface area (Å²) in [6, 6.07) is 30.7. The number of carbonyl (C=O) groups is 1. The quantitative estimate of drug-likeness (QED) is 0.296. The maximum absolute atomic E-state index is 12.7. The number of benzene rings is 3. The van der Waals surface area contributed by atoms with Crippen molar-refractivity contribution in [3.63, 3.8) is 0 Å².